The molecule has 51 heavy (non-hydrogen) atoms. The summed E-state index contributed by atoms with van der Waals surface area (Å²) in [6.07, 6.45) is 12.0. The van der Waals surface area contributed by atoms with E-state index in [1.807, 2.05) is 0 Å². The number of aromatic amines is 1. The fraction of sp³-hybridized carbons (Fsp3) is 0.0638. The predicted octanol–water partition coefficient (Wildman–Crippen LogP) is 8.88. The van der Waals surface area contributed by atoms with Gasteiger partial charge in [0.1, 0.15) is 0 Å². The minimum Gasteiger partial charge on any atom is -0.354 e. The topological polar surface area (TPSA) is 45.4 Å². The Morgan fingerprint density at radius 1 is 0.471 bits per heavy atom. The van der Waals surface area contributed by atoms with Crippen LogP contribution in [0.1, 0.15) is 46.9 Å². The molecule has 0 unspecified atom stereocenters. The second-order valence-corrected chi connectivity index (χ2v) is 13.0. The molecule has 3 aliphatic heterocycles. The summed E-state index contributed by atoms with van der Waals surface area (Å²) in [6.45, 7) is 3.11. The first kappa shape index (κ1) is 30.5. The molecule has 0 aliphatic carbocycles. The number of fused-ring (bicyclic) bond motifs is 6. The number of hydrogen-bond acceptors (Lipinski definition) is 2. The van der Waals surface area contributed by atoms with Crippen LogP contribution in [0.3, 0.4) is 0 Å². The van der Waals surface area contributed by atoms with Crippen molar-refractivity contribution in [3.8, 4) is 0 Å². The fourth-order valence-corrected chi connectivity index (χ4v) is 7.44. The van der Waals surface area contributed by atoms with Gasteiger partial charge in [-0.3, -0.25) is 0 Å². The molecule has 0 atom stereocenters. The van der Waals surface area contributed by atoms with E-state index in [1.165, 1.54) is 0 Å². The number of benzene rings is 4. The highest BCUT2D eigenvalue weighted by Crippen LogP contribution is 2.38. The highest BCUT2D eigenvalue weighted by atomic mass is 15.0. The van der Waals surface area contributed by atoms with Crippen molar-refractivity contribution in [3.05, 3.63) is 226 Å². The van der Waals surface area contributed by atoms with E-state index in [9.17, 15) is 0 Å². The lowest BCUT2D eigenvalue weighted by Crippen LogP contribution is -2.21. The standard InChI is InChI=1S/C47H36N4/c1-2-29-51-31-36-30-43(51)47(35-21-13-6-14-22-35)42-28-27-41(50-42)46(34-19-11-5-12-20-34)40-26-25-39(49-40)45(33-17-9-4-10-18-33)38-24-23-37(48-38)44(36)32-15-7-3-8-16-32/h3-28,30-31,49H,2,29H2,1H3. The molecule has 2 aromatic heterocycles. The van der Waals surface area contributed by atoms with E-state index >= 15 is 0 Å². The van der Waals surface area contributed by atoms with Gasteiger partial charge in [-0.1, -0.05) is 128 Å². The van der Waals surface area contributed by atoms with Crippen LogP contribution >= 0.6 is 0 Å². The predicted molar refractivity (Wildman–Crippen MR) is 211 cm³/mol. The number of nitrogens with one attached hydrogen (secondary N) is 1. The van der Waals surface area contributed by atoms with Crippen molar-refractivity contribution in [1.29, 1.82) is 0 Å². The minimum atomic E-state index is 0.874. The third-order valence-corrected chi connectivity index (χ3v) is 9.68. The molecule has 3 aliphatic rings. The quantitative estimate of drug-likeness (QED) is 0.186. The van der Waals surface area contributed by atoms with Crippen molar-refractivity contribution in [3.63, 3.8) is 0 Å². The Hall–Kier alpha value is -6.52. The molecule has 0 radical (unpaired) electrons. The molecule has 4 nitrogen and oxygen atoms in total. The molecule has 244 valence electrons. The van der Waals surface area contributed by atoms with E-state index in [1.54, 1.807) is 0 Å². The maximum absolute atomic E-state index is 5.46. The van der Waals surface area contributed by atoms with Crippen molar-refractivity contribution < 1.29 is 0 Å². The van der Waals surface area contributed by atoms with Gasteiger partial charge in [-0.25, -0.2) is 9.98 Å². The van der Waals surface area contributed by atoms with Crippen LogP contribution in [-0.2, 0) is 6.54 Å². The monoisotopic (exact) mass is 656 g/mol. The van der Waals surface area contributed by atoms with E-state index < -0.39 is 0 Å². The zero-order valence-corrected chi connectivity index (χ0v) is 28.4. The molecule has 0 saturated heterocycles. The van der Waals surface area contributed by atoms with Gasteiger partial charge in [-0.15, -0.1) is 0 Å². The third kappa shape index (κ3) is 5.61. The molecule has 6 aromatic rings. The first-order valence-corrected chi connectivity index (χ1v) is 17.6. The summed E-state index contributed by atoms with van der Waals surface area (Å²) in [7, 11) is 0. The second-order valence-electron chi connectivity index (χ2n) is 13.0. The van der Waals surface area contributed by atoms with Crippen LogP contribution in [0.5, 0.6) is 0 Å². The Kier molecular flexibility index (Phi) is 7.82. The van der Waals surface area contributed by atoms with E-state index in [2.05, 4.69) is 187 Å². The van der Waals surface area contributed by atoms with E-state index in [0.717, 1.165) is 102 Å². The third-order valence-electron chi connectivity index (χ3n) is 9.68. The Morgan fingerprint density at radius 3 is 1.37 bits per heavy atom. The lowest BCUT2D eigenvalue weighted by Gasteiger charge is -2.14. The van der Waals surface area contributed by atoms with Crippen molar-refractivity contribution in [2.24, 2.45) is 9.98 Å². The number of aromatic nitrogens is 2. The molecule has 4 aromatic carbocycles. The molecule has 0 amide bonds. The molecule has 0 spiro atoms. The summed E-state index contributed by atoms with van der Waals surface area (Å²) in [5.41, 5.74) is 14.8. The number of H-pyrrole nitrogens is 1. The van der Waals surface area contributed by atoms with Gasteiger partial charge in [0.15, 0.2) is 0 Å². The zero-order chi connectivity index (χ0) is 34.1. The van der Waals surface area contributed by atoms with Crippen LogP contribution in [0.4, 0.5) is 0 Å². The molecule has 5 heterocycles. The van der Waals surface area contributed by atoms with Gasteiger partial charge in [0, 0.05) is 51.3 Å². The average Bonchev–Trinajstić information content (AvgIpc) is 4.01. The lowest BCUT2D eigenvalue weighted by molar-refractivity contribution is 0.676. The van der Waals surface area contributed by atoms with Crippen LogP contribution < -0.4 is 10.7 Å². The molecule has 1 N–H and O–H groups in total. The maximum Gasteiger partial charge on any atom is 0.0737 e. The molecule has 8 bridgehead atoms. The summed E-state index contributed by atoms with van der Waals surface area (Å²) in [5, 5.41) is 2.00. The lowest BCUT2D eigenvalue weighted by atomic mass is 9.96. The van der Waals surface area contributed by atoms with Crippen LogP contribution in [-0.4, -0.2) is 21.0 Å². The number of aliphatic imine (C=N–C) groups is 2. The number of hydrogen-bond donors (Lipinski definition) is 1. The van der Waals surface area contributed by atoms with E-state index in [0.29, 0.717) is 0 Å². The summed E-state index contributed by atoms with van der Waals surface area (Å²) in [6, 6.07) is 49.2. The first-order chi connectivity index (χ1) is 25.2. The Balaban J connectivity index is 1.44. The first-order valence-electron chi connectivity index (χ1n) is 17.6. The van der Waals surface area contributed by atoms with Crippen molar-refractivity contribution in [1.82, 2.24) is 9.55 Å². The average molecular weight is 657 g/mol. The largest absolute Gasteiger partial charge is 0.354 e. The summed E-state index contributed by atoms with van der Waals surface area (Å²) in [4.78, 5) is 14.7. The van der Waals surface area contributed by atoms with Crippen molar-refractivity contribution in [2.45, 2.75) is 19.9 Å². The van der Waals surface area contributed by atoms with Crippen LogP contribution in [0.2, 0.25) is 0 Å². The van der Waals surface area contributed by atoms with Gasteiger partial charge < -0.3 is 9.55 Å². The minimum absolute atomic E-state index is 0.874. The highest BCUT2D eigenvalue weighted by molar-refractivity contribution is 6.31. The van der Waals surface area contributed by atoms with Crippen LogP contribution in [0, 0.1) is 0 Å². The number of allylic oxidation sites excluding steroid dienone is 4. The molecule has 0 saturated carbocycles. The Bertz CT molecular complexity index is 2590. The smallest absolute Gasteiger partial charge is 0.0737 e. The normalized spacial score (nSPS) is 15.2. The van der Waals surface area contributed by atoms with Crippen molar-refractivity contribution >= 4 is 33.7 Å². The van der Waals surface area contributed by atoms with Gasteiger partial charge in [0.2, 0.25) is 0 Å². The Labute approximate surface area is 297 Å². The molecule has 0 fully saturated rings. The van der Waals surface area contributed by atoms with Gasteiger partial charge >= 0.3 is 0 Å². The second kappa shape index (κ2) is 13.1. The molecule has 9 rings (SSSR count). The Morgan fingerprint density at radius 2 is 0.902 bits per heavy atom. The van der Waals surface area contributed by atoms with Gasteiger partial charge in [-0.05, 0) is 71.2 Å². The van der Waals surface area contributed by atoms with Gasteiger partial charge in [0.25, 0.3) is 0 Å². The van der Waals surface area contributed by atoms with Crippen LogP contribution in [0.15, 0.2) is 191 Å². The van der Waals surface area contributed by atoms with E-state index in [-0.39, 0.29) is 0 Å². The van der Waals surface area contributed by atoms with Gasteiger partial charge in [-0.2, -0.15) is 0 Å². The SMILES string of the molecule is CCCn1cc2cc1C(c1ccccc1)=C1C=CC(=N1)C(c1ccccc1)=c1ccc([nH]1)=C(c1ccccc1)C1=NC(=C2c2ccccc2)C=C1. The van der Waals surface area contributed by atoms with Crippen LogP contribution in [0.25, 0.3) is 22.3 Å². The molecule has 4 heteroatoms. The van der Waals surface area contributed by atoms with Crippen molar-refractivity contribution in [2.75, 3.05) is 0 Å². The molecular formula is C47H36N4. The van der Waals surface area contributed by atoms with Gasteiger partial charge in [0.05, 0.1) is 28.5 Å². The number of nitrogens with zero attached hydrogens (tertiary/aromatic N) is 3. The molecular weight excluding hydrogens is 621 g/mol. The maximum atomic E-state index is 5.46. The number of rotatable bonds is 6. The fourth-order valence-electron chi connectivity index (χ4n) is 7.44. The van der Waals surface area contributed by atoms with E-state index in [4.69, 9.17) is 9.98 Å². The zero-order valence-electron chi connectivity index (χ0n) is 28.4. The summed E-state index contributed by atoms with van der Waals surface area (Å²) in [5.74, 6) is 0. The summed E-state index contributed by atoms with van der Waals surface area (Å²) < 4.78 is 2.40. The highest BCUT2D eigenvalue weighted by Gasteiger charge is 2.24. The summed E-state index contributed by atoms with van der Waals surface area (Å²) >= 11 is 0. The number of aryl methyl sites for hydroxylation is 1.